The van der Waals surface area contributed by atoms with Crippen molar-refractivity contribution in [3.05, 3.63) is 63.6 Å². The van der Waals surface area contributed by atoms with E-state index in [0.29, 0.717) is 16.7 Å². The van der Waals surface area contributed by atoms with Gasteiger partial charge in [0.25, 0.3) is 5.91 Å². The minimum atomic E-state index is -4.60. The number of benzene rings is 2. The van der Waals surface area contributed by atoms with Crippen molar-refractivity contribution in [3.8, 4) is 11.4 Å². The number of thiazole rings is 1. The summed E-state index contributed by atoms with van der Waals surface area (Å²) >= 11 is 7.01. The van der Waals surface area contributed by atoms with Crippen LogP contribution in [0.1, 0.15) is 16.1 Å². The predicted octanol–water partition coefficient (Wildman–Crippen LogP) is 5.61. The molecule has 142 valence electrons. The number of carbonyl (C=O) groups excluding carboxylic acids is 1. The van der Waals surface area contributed by atoms with Gasteiger partial charge in [0.05, 0.1) is 22.3 Å². The van der Waals surface area contributed by atoms with E-state index in [1.54, 1.807) is 23.6 Å². The van der Waals surface area contributed by atoms with Crippen molar-refractivity contribution in [1.82, 2.24) is 15.0 Å². The van der Waals surface area contributed by atoms with E-state index in [1.807, 2.05) is 0 Å². The maximum absolute atomic E-state index is 13.4. The molecule has 2 heterocycles. The van der Waals surface area contributed by atoms with Crippen molar-refractivity contribution in [3.63, 3.8) is 0 Å². The second-order valence-electron chi connectivity index (χ2n) is 5.80. The third kappa shape index (κ3) is 3.46. The lowest BCUT2D eigenvalue weighted by Crippen LogP contribution is -2.12. The highest BCUT2D eigenvalue weighted by Gasteiger charge is 2.34. The number of rotatable bonds is 3. The third-order valence-corrected chi connectivity index (χ3v) is 4.79. The molecule has 10 heteroatoms. The fourth-order valence-corrected chi connectivity index (χ4v) is 3.43. The summed E-state index contributed by atoms with van der Waals surface area (Å²) < 4.78 is 40.2. The van der Waals surface area contributed by atoms with Crippen LogP contribution in [0.5, 0.6) is 0 Å². The molecule has 2 N–H and O–H groups in total. The number of anilines is 1. The lowest BCUT2D eigenvalue weighted by molar-refractivity contribution is -0.137. The maximum atomic E-state index is 13.4. The first-order valence-corrected chi connectivity index (χ1v) is 9.20. The van der Waals surface area contributed by atoms with E-state index in [9.17, 15) is 18.0 Å². The first-order chi connectivity index (χ1) is 13.3. The van der Waals surface area contributed by atoms with Gasteiger partial charge in [-0.2, -0.15) is 13.2 Å². The minimum Gasteiger partial charge on any atom is -0.338 e. The molecular weight excluding hydrogens is 413 g/mol. The lowest BCUT2D eigenvalue weighted by atomic mass is 10.1. The van der Waals surface area contributed by atoms with Gasteiger partial charge in [-0.1, -0.05) is 17.7 Å². The van der Waals surface area contributed by atoms with Crippen molar-refractivity contribution in [2.24, 2.45) is 0 Å². The highest BCUT2D eigenvalue weighted by Crippen LogP contribution is 2.38. The molecule has 4 rings (SSSR count). The summed E-state index contributed by atoms with van der Waals surface area (Å²) in [5, 5.41) is 4.25. The van der Waals surface area contributed by atoms with Gasteiger partial charge in [0.2, 0.25) is 0 Å². The Morgan fingerprint density at radius 3 is 2.75 bits per heavy atom. The topological polar surface area (TPSA) is 70.7 Å². The van der Waals surface area contributed by atoms with Crippen LogP contribution in [0, 0.1) is 0 Å². The van der Waals surface area contributed by atoms with Gasteiger partial charge in [0.15, 0.2) is 0 Å². The zero-order valence-corrected chi connectivity index (χ0v) is 15.4. The molecule has 0 aliphatic heterocycles. The van der Waals surface area contributed by atoms with Crippen molar-refractivity contribution in [2.75, 3.05) is 5.32 Å². The van der Waals surface area contributed by atoms with Gasteiger partial charge >= 0.3 is 6.18 Å². The first kappa shape index (κ1) is 18.5. The van der Waals surface area contributed by atoms with E-state index < -0.39 is 17.6 Å². The van der Waals surface area contributed by atoms with Crippen LogP contribution >= 0.6 is 22.9 Å². The van der Waals surface area contributed by atoms with Gasteiger partial charge in [0, 0.05) is 16.0 Å². The molecule has 2 aromatic carbocycles. The fraction of sp³-hybridized carbons (Fsp3) is 0.0556. The molecule has 0 spiro atoms. The van der Waals surface area contributed by atoms with Gasteiger partial charge in [-0.05, 0) is 30.3 Å². The van der Waals surface area contributed by atoms with Crippen molar-refractivity contribution < 1.29 is 18.0 Å². The Hall–Kier alpha value is -2.91. The highest BCUT2D eigenvalue weighted by molar-refractivity contribution is 7.07. The number of nitrogens with one attached hydrogen (secondary N) is 2. The standard InChI is InChI=1S/C18H10ClF3N4OS/c19-9-4-5-10(11(6-9)18(20,21)22)16-24-12-2-1-3-13(15(12)26-16)25-17(27)14-7-28-8-23-14/h1-8H,(H,24,26)(H,25,27). The number of alkyl halides is 3. The molecule has 0 atom stereocenters. The molecule has 0 aliphatic carbocycles. The number of aromatic amines is 1. The third-order valence-electron chi connectivity index (χ3n) is 3.97. The summed E-state index contributed by atoms with van der Waals surface area (Å²) in [5.74, 6) is -0.407. The summed E-state index contributed by atoms with van der Waals surface area (Å²) in [6.45, 7) is 0. The lowest BCUT2D eigenvalue weighted by Gasteiger charge is -2.11. The van der Waals surface area contributed by atoms with Crippen LogP contribution in [-0.2, 0) is 6.18 Å². The van der Waals surface area contributed by atoms with E-state index in [1.165, 1.54) is 29.0 Å². The second-order valence-corrected chi connectivity index (χ2v) is 6.96. The molecule has 5 nitrogen and oxygen atoms in total. The number of imidazole rings is 1. The summed E-state index contributed by atoms with van der Waals surface area (Å²) in [6, 6.07) is 8.42. The van der Waals surface area contributed by atoms with Crippen molar-refractivity contribution in [1.29, 1.82) is 0 Å². The van der Waals surface area contributed by atoms with Gasteiger partial charge in [-0.25, -0.2) is 9.97 Å². The van der Waals surface area contributed by atoms with Gasteiger partial charge in [-0.15, -0.1) is 11.3 Å². The number of carbonyl (C=O) groups is 1. The Balaban J connectivity index is 1.79. The number of aromatic nitrogens is 3. The minimum absolute atomic E-state index is 0.0225. The van der Waals surface area contributed by atoms with E-state index in [-0.39, 0.29) is 22.1 Å². The number of amides is 1. The normalized spacial score (nSPS) is 11.7. The smallest absolute Gasteiger partial charge is 0.338 e. The van der Waals surface area contributed by atoms with Crippen molar-refractivity contribution in [2.45, 2.75) is 6.18 Å². The van der Waals surface area contributed by atoms with Crippen molar-refractivity contribution >= 4 is 45.6 Å². The van der Waals surface area contributed by atoms with E-state index >= 15 is 0 Å². The molecule has 4 aromatic rings. The molecule has 0 fully saturated rings. The van der Waals surface area contributed by atoms with Crippen LogP contribution in [0.25, 0.3) is 22.4 Å². The Morgan fingerprint density at radius 2 is 2.04 bits per heavy atom. The van der Waals surface area contributed by atoms with E-state index in [0.717, 1.165) is 6.07 Å². The number of halogens is 4. The number of H-pyrrole nitrogens is 1. The Morgan fingerprint density at radius 1 is 1.21 bits per heavy atom. The zero-order chi connectivity index (χ0) is 19.9. The number of nitrogens with zero attached hydrogens (tertiary/aromatic N) is 2. The van der Waals surface area contributed by atoms with Gasteiger partial charge in [-0.3, -0.25) is 4.79 Å². The van der Waals surface area contributed by atoms with E-state index in [2.05, 4.69) is 20.3 Å². The molecule has 2 aromatic heterocycles. The monoisotopic (exact) mass is 422 g/mol. The van der Waals surface area contributed by atoms with Crippen LogP contribution in [0.15, 0.2) is 47.3 Å². The Bertz CT molecular complexity index is 1170. The molecule has 28 heavy (non-hydrogen) atoms. The average Bonchev–Trinajstić information content (AvgIpc) is 3.31. The zero-order valence-electron chi connectivity index (χ0n) is 13.8. The van der Waals surface area contributed by atoms with Crippen LogP contribution in [0.3, 0.4) is 0 Å². The number of hydrogen-bond donors (Lipinski definition) is 2. The summed E-state index contributed by atoms with van der Waals surface area (Å²) in [5.41, 5.74) is 1.92. The molecule has 0 saturated heterocycles. The number of para-hydroxylation sites is 1. The highest BCUT2D eigenvalue weighted by atomic mass is 35.5. The molecule has 0 bridgehead atoms. The first-order valence-electron chi connectivity index (χ1n) is 7.88. The van der Waals surface area contributed by atoms with Crippen LogP contribution in [0.4, 0.5) is 18.9 Å². The van der Waals surface area contributed by atoms with Crippen LogP contribution < -0.4 is 5.32 Å². The predicted molar refractivity (Wildman–Crippen MR) is 102 cm³/mol. The molecule has 0 radical (unpaired) electrons. The largest absolute Gasteiger partial charge is 0.417 e. The van der Waals surface area contributed by atoms with Gasteiger partial charge < -0.3 is 10.3 Å². The van der Waals surface area contributed by atoms with Gasteiger partial charge in [0.1, 0.15) is 17.0 Å². The van der Waals surface area contributed by atoms with Crippen LogP contribution in [-0.4, -0.2) is 20.9 Å². The maximum Gasteiger partial charge on any atom is 0.417 e. The quantitative estimate of drug-likeness (QED) is 0.450. The van der Waals surface area contributed by atoms with Crippen LogP contribution in [0.2, 0.25) is 5.02 Å². The molecule has 0 saturated carbocycles. The Kier molecular flexibility index (Phi) is 4.56. The summed E-state index contributed by atoms with van der Waals surface area (Å²) in [4.78, 5) is 23.3. The molecular formula is C18H10ClF3N4OS. The Labute approximate surface area is 165 Å². The molecule has 0 unspecified atom stereocenters. The number of fused-ring (bicyclic) bond motifs is 1. The SMILES string of the molecule is O=C(Nc1cccc2[nH]c(-c3ccc(Cl)cc3C(F)(F)F)nc12)c1cscn1. The second kappa shape index (κ2) is 6.92. The van der Waals surface area contributed by atoms with E-state index in [4.69, 9.17) is 11.6 Å². The fourth-order valence-electron chi connectivity index (χ4n) is 2.73. The summed E-state index contributed by atoms with van der Waals surface area (Å²) in [6.07, 6.45) is -4.60. The summed E-state index contributed by atoms with van der Waals surface area (Å²) in [7, 11) is 0. The molecule has 1 amide bonds. The average molecular weight is 423 g/mol. The number of hydrogen-bond acceptors (Lipinski definition) is 4. The molecule has 0 aliphatic rings.